The number of nitrogens with one attached hydrogen (secondary N) is 1. The lowest BCUT2D eigenvalue weighted by molar-refractivity contribution is -0.139. The monoisotopic (exact) mass is 591 g/mol. The molecule has 0 aromatic heterocycles. The molecule has 3 rings (SSSR count). The molecule has 0 unspecified atom stereocenters. The number of hydrogen-bond acceptors (Lipinski definition) is 5. The van der Waals surface area contributed by atoms with Crippen LogP contribution in [0, 0.1) is 0 Å². The molecule has 208 valence electrons. The number of anilines is 1. The number of nitrogens with zero attached hydrogens (tertiary/aromatic N) is 2. The van der Waals surface area contributed by atoms with E-state index >= 15 is 0 Å². The highest BCUT2D eigenvalue weighted by Gasteiger charge is 2.33. The molecule has 0 aliphatic carbocycles. The third-order valence-electron chi connectivity index (χ3n) is 5.90. The number of ether oxygens (including phenoxy) is 1. The molecule has 0 saturated heterocycles. The van der Waals surface area contributed by atoms with Gasteiger partial charge in [0.2, 0.25) is 11.8 Å². The maximum absolute atomic E-state index is 13.9. The summed E-state index contributed by atoms with van der Waals surface area (Å²) >= 11 is 12.2. The molecule has 39 heavy (non-hydrogen) atoms. The van der Waals surface area contributed by atoms with E-state index in [1.165, 1.54) is 17.0 Å². The van der Waals surface area contributed by atoms with Crippen LogP contribution in [0.1, 0.15) is 26.3 Å². The average molecular weight is 593 g/mol. The molecule has 0 spiro atoms. The number of rotatable bonds is 12. The number of halogens is 2. The molecule has 2 amide bonds. The molecule has 0 aliphatic rings. The first-order valence-corrected chi connectivity index (χ1v) is 14.6. The number of sulfonamides is 1. The number of amides is 2. The lowest BCUT2D eigenvalue weighted by Crippen LogP contribution is -2.51. The molecule has 0 heterocycles. The summed E-state index contributed by atoms with van der Waals surface area (Å²) < 4.78 is 34.5. The second kappa shape index (κ2) is 13.7. The molecular weight excluding hydrogens is 561 g/mol. The van der Waals surface area contributed by atoms with Crippen molar-refractivity contribution in [3.05, 3.63) is 88.4 Å². The summed E-state index contributed by atoms with van der Waals surface area (Å²) in [6.45, 7) is 5.23. The fourth-order valence-corrected chi connectivity index (χ4v) is 5.68. The van der Waals surface area contributed by atoms with Crippen molar-refractivity contribution in [3.63, 3.8) is 0 Å². The second-order valence-electron chi connectivity index (χ2n) is 8.57. The normalized spacial score (nSPS) is 11.9. The summed E-state index contributed by atoms with van der Waals surface area (Å²) in [7, 11) is -4.20. The van der Waals surface area contributed by atoms with Crippen molar-refractivity contribution in [2.24, 2.45) is 0 Å². The Kier molecular flexibility index (Phi) is 10.6. The smallest absolute Gasteiger partial charge is 0.264 e. The Bertz CT molecular complexity index is 1400. The van der Waals surface area contributed by atoms with Gasteiger partial charge in [0.1, 0.15) is 18.3 Å². The Labute approximate surface area is 239 Å². The van der Waals surface area contributed by atoms with Gasteiger partial charge in [0, 0.05) is 13.1 Å². The highest BCUT2D eigenvalue weighted by Crippen LogP contribution is 2.33. The Hall–Kier alpha value is -3.27. The fraction of sp³-hybridized carbons (Fsp3) is 0.286. The Morgan fingerprint density at radius 1 is 0.949 bits per heavy atom. The topological polar surface area (TPSA) is 96.0 Å². The van der Waals surface area contributed by atoms with Crippen LogP contribution >= 0.6 is 23.2 Å². The van der Waals surface area contributed by atoms with Crippen molar-refractivity contribution in [3.8, 4) is 5.75 Å². The first kappa shape index (κ1) is 30.3. The molecular formula is C28H31Cl2N3O5S. The third-order valence-corrected chi connectivity index (χ3v) is 8.41. The van der Waals surface area contributed by atoms with Crippen molar-refractivity contribution >= 4 is 50.7 Å². The third kappa shape index (κ3) is 7.44. The van der Waals surface area contributed by atoms with Gasteiger partial charge in [-0.15, -0.1) is 0 Å². The van der Waals surface area contributed by atoms with Crippen molar-refractivity contribution in [2.75, 3.05) is 24.0 Å². The van der Waals surface area contributed by atoms with Gasteiger partial charge >= 0.3 is 0 Å². The van der Waals surface area contributed by atoms with Gasteiger partial charge in [0.15, 0.2) is 0 Å². The molecule has 0 fully saturated rings. The van der Waals surface area contributed by atoms with E-state index in [9.17, 15) is 18.0 Å². The minimum atomic E-state index is -4.20. The van der Waals surface area contributed by atoms with Gasteiger partial charge in [0.05, 0.1) is 27.2 Å². The van der Waals surface area contributed by atoms with Gasteiger partial charge in [-0.2, -0.15) is 0 Å². The van der Waals surface area contributed by atoms with E-state index in [1.54, 1.807) is 81.4 Å². The quantitative estimate of drug-likeness (QED) is 0.314. The van der Waals surface area contributed by atoms with Crippen LogP contribution in [-0.2, 0) is 26.2 Å². The largest absolute Gasteiger partial charge is 0.492 e. The zero-order valence-corrected chi connectivity index (χ0v) is 24.3. The summed E-state index contributed by atoms with van der Waals surface area (Å²) in [5.74, 6) is -0.663. The highest BCUT2D eigenvalue weighted by atomic mass is 35.5. The molecule has 0 radical (unpaired) electrons. The highest BCUT2D eigenvalue weighted by molar-refractivity contribution is 7.92. The number of carbonyl (C=O) groups excluding carboxylic acids is 2. The summed E-state index contributed by atoms with van der Waals surface area (Å²) in [5.41, 5.74) is 0.831. The van der Waals surface area contributed by atoms with Crippen LogP contribution in [-0.4, -0.2) is 50.9 Å². The molecule has 8 nitrogen and oxygen atoms in total. The van der Waals surface area contributed by atoms with E-state index in [0.717, 1.165) is 4.31 Å². The van der Waals surface area contributed by atoms with E-state index in [2.05, 4.69) is 5.32 Å². The molecule has 1 N–H and O–H groups in total. The molecule has 0 saturated carbocycles. The number of hydrogen-bond donors (Lipinski definition) is 1. The van der Waals surface area contributed by atoms with Crippen LogP contribution in [0.25, 0.3) is 0 Å². The molecule has 0 bridgehead atoms. The molecule has 1 atom stereocenters. The van der Waals surface area contributed by atoms with E-state index < -0.39 is 28.5 Å². The van der Waals surface area contributed by atoms with E-state index in [4.69, 9.17) is 27.9 Å². The lowest BCUT2D eigenvalue weighted by Gasteiger charge is -2.32. The van der Waals surface area contributed by atoms with Crippen LogP contribution in [0.3, 0.4) is 0 Å². The first-order valence-electron chi connectivity index (χ1n) is 12.4. The number of para-hydroxylation sites is 2. The predicted octanol–water partition coefficient (Wildman–Crippen LogP) is 5.14. The van der Waals surface area contributed by atoms with Crippen LogP contribution in [0.2, 0.25) is 10.0 Å². The first-order chi connectivity index (χ1) is 18.6. The fourth-order valence-electron chi connectivity index (χ4n) is 3.91. The minimum absolute atomic E-state index is 0.000352. The maximum Gasteiger partial charge on any atom is 0.264 e. The van der Waals surface area contributed by atoms with E-state index in [1.807, 2.05) is 0 Å². The van der Waals surface area contributed by atoms with Crippen molar-refractivity contribution in [1.29, 1.82) is 0 Å². The van der Waals surface area contributed by atoms with Crippen LogP contribution in [0.15, 0.2) is 77.7 Å². The Balaban J connectivity index is 2.08. The van der Waals surface area contributed by atoms with Gasteiger partial charge in [-0.05, 0) is 62.7 Å². The Morgan fingerprint density at radius 2 is 1.62 bits per heavy atom. The molecule has 0 aliphatic heterocycles. The summed E-state index contributed by atoms with van der Waals surface area (Å²) in [6.07, 6.45) is 0. The van der Waals surface area contributed by atoms with Crippen molar-refractivity contribution < 1.29 is 22.7 Å². The summed E-state index contributed by atoms with van der Waals surface area (Å²) in [5, 5.41) is 3.37. The summed E-state index contributed by atoms with van der Waals surface area (Å²) in [6, 6.07) is 18.4. The van der Waals surface area contributed by atoms with Gasteiger partial charge in [-0.3, -0.25) is 13.9 Å². The van der Waals surface area contributed by atoms with Gasteiger partial charge in [-0.1, -0.05) is 59.6 Å². The zero-order chi connectivity index (χ0) is 28.6. The van der Waals surface area contributed by atoms with Crippen molar-refractivity contribution in [1.82, 2.24) is 10.2 Å². The molecule has 3 aromatic rings. The molecule has 11 heteroatoms. The van der Waals surface area contributed by atoms with Crippen LogP contribution in [0.5, 0.6) is 5.75 Å². The van der Waals surface area contributed by atoms with Crippen molar-refractivity contribution in [2.45, 2.75) is 38.3 Å². The predicted molar refractivity (Wildman–Crippen MR) is 154 cm³/mol. The van der Waals surface area contributed by atoms with E-state index in [0.29, 0.717) is 34.5 Å². The number of likely N-dealkylation sites (N-methyl/N-ethyl adjacent to an activating group) is 1. The van der Waals surface area contributed by atoms with Crippen LogP contribution < -0.4 is 14.4 Å². The average Bonchev–Trinajstić information content (AvgIpc) is 2.93. The number of carbonyl (C=O) groups is 2. The summed E-state index contributed by atoms with van der Waals surface area (Å²) in [4.78, 5) is 28.1. The van der Waals surface area contributed by atoms with Crippen LogP contribution in [0.4, 0.5) is 5.69 Å². The van der Waals surface area contributed by atoms with Gasteiger partial charge in [-0.25, -0.2) is 8.42 Å². The second-order valence-corrected chi connectivity index (χ2v) is 11.2. The SMILES string of the molecule is CCNC(=O)[C@@H](C)N(Cc1ccc(Cl)c(Cl)c1)C(=O)CN(c1ccccc1OCC)S(=O)(=O)c1ccccc1. The van der Waals surface area contributed by atoms with Gasteiger partial charge < -0.3 is 15.0 Å². The maximum atomic E-state index is 13.9. The number of benzene rings is 3. The Morgan fingerprint density at radius 3 is 2.26 bits per heavy atom. The lowest BCUT2D eigenvalue weighted by atomic mass is 10.1. The minimum Gasteiger partial charge on any atom is -0.492 e. The molecule has 3 aromatic carbocycles. The van der Waals surface area contributed by atoms with E-state index in [-0.39, 0.29) is 23.0 Å². The zero-order valence-electron chi connectivity index (χ0n) is 21.9. The van der Waals surface area contributed by atoms with Gasteiger partial charge in [0.25, 0.3) is 10.0 Å². The standard InChI is InChI=1S/C28H31Cl2N3O5S/c1-4-31-28(35)20(3)32(18-21-15-16-23(29)24(30)17-21)27(34)19-33(25-13-9-10-14-26(25)38-5-2)39(36,37)22-11-7-6-8-12-22/h6-17,20H,4-5,18-19H2,1-3H3,(H,31,35)/t20-/m1/s1.